The van der Waals surface area contributed by atoms with E-state index in [2.05, 4.69) is 10.9 Å². The molecule has 0 saturated carbocycles. The van der Waals surface area contributed by atoms with Gasteiger partial charge in [0.05, 0.1) is 19.1 Å². The van der Waals surface area contributed by atoms with Gasteiger partial charge < -0.3 is 4.74 Å². The lowest BCUT2D eigenvalue weighted by molar-refractivity contribution is -0.145. The second-order valence-corrected chi connectivity index (χ2v) is 3.68. The molecule has 0 amide bonds. The van der Waals surface area contributed by atoms with E-state index in [1.54, 1.807) is 12.1 Å². The summed E-state index contributed by atoms with van der Waals surface area (Å²) >= 11 is 0. The van der Waals surface area contributed by atoms with E-state index >= 15 is 0 Å². The van der Waals surface area contributed by atoms with Gasteiger partial charge in [0, 0.05) is 6.54 Å². The molecule has 1 fully saturated rings. The van der Waals surface area contributed by atoms with Crippen LogP contribution in [0.5, 0.6) is 0 Å². The quantitative estimate of drug-likeness (QED) is 0.728. The molecule has 16 heavy (non-hydrogen) atoms. The number of carbonyl (C=O) groups is 1. The summed E-state index contributed by atoms with van der Waals surface area (Å²) in [7, 11) is 1.36. The molecule has 0 aliphatic carbocycles. The summed E-state index contributed by atoms with van der Waals surface area (Å²) in [6.45, 7) is 0.509. The lowest BCUT2D eigenvalue weighted by atomic mass is 9.95. The monoisotopic (exact) mass is 224 g/mol. The molecule has 1 aliphatic heterocycles. The minimum atomic E-state index is -0.288. The van der Waals surface area contributed by atoms with Gasteiger partial charge in [0.2, 0.25) is 0 Å². The fraction of sp³-hybridized carbons (Fsp3) is 0.364. The summed E-state index contributed by atoms with van der Waals surface area (Å²) in [5, 5.41) is 0. The highest BCUT2D eigenvalue weighted by Gasteiger charge is 2.34. The number of carbonyl (C=O) groups excluding carboxylic acids is 1. The second-order valence-electron chi connectivity index (χ2n) is 3.68. The van der Waals surface area contributed by atoms with Crippen LogP contribution in [0.15, 0.2) is 24.3 Å². The van der Waals surface area contributed by atoms with Crippen LogP contribution < -0.4 is 10.9 Å². The van der Waals surface area contributed by atoms with E-state index in [4.69, 9.17) is 4.74 Å². The first kappa shape index (κ1) is 11.0. The van der Waals surface area contributed by atoms with Gasteiger partial charge in [-0.1, -0.05) is 12.1 Å². The van der Waals surface area contributed by atoms with E-state index in [0.717, 1.165) is 5.56 Å². The Morgan fingerprint density at radius 1 is 1.44 bits per heavy atom. The van der Waals surface area contributed by atoms with Gasteiger partial charge in [-0.2, -0.15) is 0 Å². The number of halogens is 1. The molecule has 2 N–H and O–H groups in total. The maximum atomic E-state index is 12.8. The topological polar surface area (TPSA) is 50.4 Å². The summed E-state index contributed by atoms with van der Waals surface area (Å²) in [4.78, 5) is 11.5. The van der Waals surface area contributed by atoms with Crippen LogP contribution in [0.25, 0.3) is 0 Å². The first-order valence-corrected chi connectivity index (χ1v) is 5.04. The van der Waals surface area contributed by atoms with Crippen LogP contribution in [0, 0.1) is 11.7 Å². The molecule has 0 aromatic heterocycles. The van der Waals surface area contributed by atoms with Gasteiger partial charge in [-0.3, -0.25) is 10.2 Å². The predicted octanol–water partition coefficient (Wildman–Crippen LogP) is 0.764. The van der Waals surface area contributed by atoms with E-state index in [9.17, 15) is 9.18 Å². The largest absolute Gasteiger partial charge is 0.469 e. The van der Waals surface area contributed by atoms with Crippen LogP contribution in [-0.4, -0.2) is 19.6 Å². The number of methoxy groups -OCH3 is 1. The van der Waals surface area contributed by atoms with Crippen molar-refractivity contribution >= 4 is 5.97 Å². The molecule has 86 valence electrons. The average molecular weight is 224 g/mol. The summed E-state index contributed by atoms with van der Waals surface area (Å²) in [5.74, 6) is -0.841. The molecule has 0 radical (unpaired) electrons. The van der Waals surface area contributed by atoms with E-state index in [0.29, 0.717) is 6.54 Å². The highest BCUT2D eigenvalue weighted by molar-refractivity contribution is 5.74. The molecular formula is C11H13FN2O2. The Hall–Kier alpha value is -1.46. The maximum Gasteiger partial charge on any atom is 0.312 e. The van der Waals surface area contributed by atoms with Crippen molar-refractivity contribution in [2.45, 2.75) is 6.04 Å². The molecule has 1 heterocycles. The highest BCUT2D eigenvalue weighted by atomic mass is 19.1. The standard InChI is InChI=1S/C11H13FN2O2/c1-16-11(15)9-6-13-14-10(9)7-2-4-8(12)5-3-7/h2-5,9-10,13-14H,6H2,1H3/t9-,10+/m1/s1. The lowest BCUT2D eigenvalue weighted by Gasteiger charge is -2.16. The molecule has 0 bridgehead atoms. The molecule has 4 nitrogen and oxygen atoms in total. The molecule has 1 aliphatic rings. The van der Waals surface area contributed by atoms with Crippen LogP contribution in [0.2, 0.25) is 0 Å². The number of nitrogens with one attached hydrogen (secondary N) is 2. The summed E-state index contributed by atoms with van der Waals surface area (Å²) in [5.41, 5.74) is 6.75. The fourth-order valence-corrected chi connectivity index (χ4v) is 1.85. The smallest absolute Gasteiger partial charge is 0.312 e. The molecule has 0 spiro atoms. The number of ether oxygens (including phenoxy) is 1. The van der Waals surface area contributed by atoms with Gasteiger partial charge in [0.1, 0.15) is 5.82 Å². The van der Waals surface area contributed by atoms with Crippen molar-refractivity contribution in [1.29, 1.82) is 0 Å². The van der Waals surface area contributed by atoms with Gasteiger partial charge in [-0.15, -0.1) is 0 Å². The molecular weight excluding hydrogens is 211 g/mol. The normalized spacial score (nSPS) is 24.4. The summed E-state index contributed by atoms with van der Waals surface area (Å²) in [6.07, 6.45) is 0. The van der Waals surface area contributed by atoms with Gasteiger partial charge in [-0.25, -0.2) is 9.82 Å². The molecule has 2 atom stereocenters. The number of hydrazine groups is 1. The Morgan fingerprint density at radius 3 is 2.75 bits per heavy atom. The first-order chi connectivity index (χ1) is 7.72. The van der Waals surface area contributed by atoms with Crippen molar-refractivity contribution in [2.24, 2.45) is 5.92 Å². The Labute approximate surface area is 92.8 Å². The number of benzene rings is 1. The minimum absolute atomic E-state index is 0.173. The van der Waals surface area contributed by atoms with Gasteiger partial charge in [-0.05, 0) is 17.7 Å². The second kappa shape index (κ2) is 4.59. The van der Waals surface area contributed by atoms with Crippen LogP contribution in [-0.2, 0) is 9.53 Å². The van der Waals surface area contributed by atoms with E-state index < -0.39 is 0 Å². The van der Waals surface area contributed by atoms with Gasteiger partial charge in [0.25, 0.3) is 0 Å². The maximum absolute atomic E-state index is 12.8. The number of hydrogen-bond donors (Lipinski definition) is 2. The lowest BCUT2D eigenvalue weighted by Crippen LogP contribution is -2.26. The molecule has 1 aromatic rings. The molecule has 1 aromatic carbocycles. The van der Waals surface area contributed by atoms with Crippen LogP contribution in [0.3, 0.4) is 0 Å². The van der Waals surface area contributed by atoms with E-state index in [-0.39, 0.29) is 23.7 Å². The van der Waals surface area contributed by atoms with E-state index in [1.165, 1.54) is 19.2 Å². The van der Waals surface area contributed by atoms with Gasteiger partial charge >= 0.3 is 5.97 Å². The van der Waals surface area contributed by atoms with Crippen LogP contribution >= 0.6 is 0 Å². The summed E-state index contributed by atoms with van der Waals surface area (Å²) < 4.78 is 17.5. The van der Waals surface area contributed by atoms with Crippen molar-refractivity contribution in [3.05, 3.63) is 35.6 Å². The fourth-order valence-electron chi connectivity index (χ4n) is 1.85. The average Bonchev–Trinajstić information content (AvgIpc) is 2.78. The Bertz CT molecular complexity index is 380. The molecule has 0 unspecified atom stereocenters. The zero-order valence-electron chi connectivity index (χ0n) is 8.87. The molecule has 5 heteroatoms. The summed E-state index contributed by atoms with van der Waals surface area (Å²) in [6, 6.07) is 5.91. The van der Waals surface area contributed by atoms with Crippen molar-refractivity contribution in [3.8, 4) is 0 Å². The molecule has 2 rings (SSSR count). The van der Waals surface area contributed by atoms with Crippen LogP contribution in [0.1, 0.15) is 11.6 Å². The SMILES string of the molecule is COC(=O)[C@@H]1CNN[C@H]1c1ccc(F)cc1. The zero-order valence-corrected chi connectivity index (χ0v) is 8.87. The van der Waals surface area contributed by atoms with Crippen molar-refractivity contribution in [3.63, 3.8) is 0 Å². The minimum Gasteiger partial charge on any atom is -0.469 e. The molecule has 1 saturated heterocycles. The first-order valence-electron chi connectivity index (χ1n) is 5.04. The Kier molecular flexibility index (Phi) is 3.17. The zero-order chi connectivity index (χ0) is 11.5. The Balaban J connectivity index is 2.19. The third-order valence-corrected chi connectivity index (χ3v) is 2.71. The third-order valence-electron chi connectivity index (χ3n) is 2.71. The van der Waals surface area contributed by atoms with Crippen molar-refractivity contribution in [2.75, 3.05) is 13.7 Å². The van der Waals surface area contributed by atoms with Crippen LogP contribution in [0.4, 0.5) is 4.39 Å². The van der Waals surface area contributed by atoms with E-state index in [1.807, 2.05) is 0 Å². The van der Waals surface area contributed by atoms with Gasteiger partial charge in [0.15, 0.2) is 0 Å². The number of esters is 1. The number of hydrogen-bond acceptors (Lipinski definition) is 4. The Morgan fingerprint density at radius 2 is 2.12 bits per heavy atom. The number of rotatable bonds is 2. The van der Waals surface area contributed by atoms with Crippen molar-refractivity contribution < 1.29 is 13.9 Å². The van der Waals surface area contributed by atoms with Crippen molar-refractivity contribution in [1.82, 2.24) is 10.9 Å². The third kappa shape index (κ3) is 2.05. The predicted molar refractivity (Wildman–Crippen MR) is 55.8 cm³/mol. The highest BCUT2D eigenvalue weighted by Crippen LogP contribution is 2.25.